The molecule has 1 fully saturated rings. The number of nitrogens with zero attached hydrogens (tertiary/aromatic N) is 1. The first-order chi connectivity index (χ1) is 9.67. The van der Waals surface area contributed by atoms with Gasteiger partial charge in [0.2, 0.25) is 5.91 Å². The minimum Gasteiger partial charge on any atom is -0.391 e. The molecule has 1 saturated heterocycles. The van der Waals surface area contributed by atoms with Gasteiger partial charge in [-0.25, -0.2) is 8.78 Å². The standard InChI is InChI=1S/C15H19F2NO3/c1-15(2,21)7-14(20)18-8-10(19)6-13(18)9-3-4-11(16)12(17)5-9/h3-5,10,13,19,21H,6-8H2,1-2H3/t10-,13+/m0/s1. The molecule has 4 nitrogen and oxygen atoms in total. The maximum atomic E-state index is 13.3. The van der Waals surface area contributed by atoms with E-state index in [1.807, 2.05) is 0 Å². The maximum Gasteiger partial charge on any atom is 0.226 e. The van der Waals surface area contributed by atoms with Crippen LogP contribution in [0.1, 0.15) is 38.3 Å². The van der Waals surface area contributed by atoms with E-state index in [1.165, 1.54) is 24.8 Å². The molecule has 0 saturated carbocycles. The zero-order valence-corrected chi connectivity index (χ0v) is 12.0. The molecule has 1 aliphatic rings. The second-order valence-corrected chi connectivity index (χ2v) is 6.11. The number of aliphatic hydroxyl groups excluding tert-OH is 1. The number of hydrogen-bond donors (Lipinski definition) is 2. The third kappa shape index (κ3) is 3.77. The Balaban J connectivity index is 2.24. The van der Waals surface area contributed by atoms with Crippen molar-refractivity contribution in [3.63, 3.8) is 0 Å². The monoisotopic (exact) mass is 299 g/mol. The van der Waals surface area contributed by atoms with Crippen LogP contribution >= 0.6 is 0 Å². The fraction of sp³-hybridized carbons (Fsp3) is 0.533. The Morgan fingerprint density at radius 2 is 2.05 bits per heavy atom. The average Bonchev–Trinajstić information content (AvgIpc) is 2.73. The van der Waals surface area contributed by atoms with Crippen LogP contribution in [0.4, 0.5) is 8.78 Å². The molecule has 0 radical (unpaired) electrons. The number of likely N-dealkylation sites (tertiary alicyclic amines) is 1. The van der Waals surface area contributed by atoms with Gasteiger partial charge in [-0.05, 0) is 38.0 Å². The van der Waals surface area contributed by atoms with E-state index in [-0.39, 0.29) is 25.3 Å². The van der Waals surface area contributed by atoms with E-state index in [1.54, 1.807) is 0 Å². The summed E-state index contributed by atoms with van der Waals surface area (Å²) in [5.41, 5.74) is -0.724. The van der Waals surface area contributed by atoms with E-state index < -0.39 is 29.4 Å². The van der Waals surface area contributed by atoms with Crippen LogP contribution < -0.4 is 0 Å². The van der Waals surface area contributed by atoms with Gasteiger partial charge in [0.05, 0.1) is 24.2 Å². The average molecular weight is 299 g/mol. The van der Waals surface area contributed by atoms with Gasteiger partial charge in [0.25, 0.3) is 0 Å². The zero-order chi connectivity index (χ0) is 15.8. The molecular weight excluding hydrogens is 280 g/mol. The van der Waals surface area contributed by atoms with Crippen molar-refractivity contribution in [2.45, 2.75) is 44.4 Å². The molecule has 1 aromatic carbocycles. The first-order valence-electron chi connectivity index (χ1n) is 6.82. The van der Waals surface area contributed by atoms with Gasteiger partial charge in [-0.1, -0.05) is 6.07 Å². The highest BCUT2D eigenvalue weighted by Crippen LogP contribution is 2.34. The van der Waals surface area contributed by atoms with Crippen LogP contribution in [0.15, 0.2) is 18.2 Å². The summed E-state index contributed by atoms with van der Waals surface area (Å²) in [6.45, 7) is 3.16. The molecule has 1 aliphatic heterocycles. The molecule has 2 N–H and O–H groups in total. The number of halogens is 2. The lowest BCUT2D eigenvalue weighted by atomic mass is 10.0. The molecular formula is C15H19F2NO3. The number of β-amino-alcohol motifs (C(OH)–C–C–N with tert-alkyl or cyclic N) is 1. The molecule has 1 heterocycles. The normalized spacial score (nSPS) is 22.7. The van der Waals surface area contributed by atoms with Crippen molar-refractivity contribution < 1.29 is 23.8 Å². The Morgan fingerprint density at radius 1 is 1.38 bits per heavy atom. The highest BCUT2D eigenvalue weighted by Gasteiger charge is 2.37. The summed E-state index contributed by atoms with van der Waals surface area (Å²) >= 11 is 0. The molecule has 0 spiro atoms. The topological polar surface area (TPSA) is 60.8 Å². The first-order valence-corrected chi connectivity index (χ1v) is 6.82. The summed E-state index contributed by atoms with van der Waals surface area (Å²) < 4.78 is 26.4. The minimum atomic E-state index is -1.16. The van der Waals surface area contributed by atoms with Crippen LogP contribution in [0.3, 0.4) is 0 Å². The fourth-order valence-electron chi connectivity index (χ4n) is 2.60. The number of aliphatic hydroxyl groups is 2. The van der Waals surface area contributed by atoms with Crippen LogP contribution in [0.2, 0.25) is 0 Å². The number of carbonyl (C=O) groups excluding carboxylic acids is 1. The number of hydrogen-bond acceptors (Lipinski definition) is 3. The molecule has 2 atom stereocenters. The van der Waals surface area contributed by atoms with Gasteiger partial charge in [-0.2, -0.15) is 0 Å². The van der Waals surface area contributed by atoms with Crippen molar-refractivity contribution in [2.24, 2.45) is 0 Å². The van der Waals surface area contributed by atoms with Crippen LogP contribution in [-0.4, -0.2) is 39.3 Å². The molecule has 0 aliphatic carbocycles. The van der Waals surface area contributed by atoms with Gasteiger partial charge >= 0.3 is 0 Å². The highest BCUT2D eigenvalue weighted by atomic mass is 19.2. The summed E-state index contributed by atoms with van der Waals surface area (Å²) in [6.07, 6.45) is -0.545. The van der Waals surface area contributed by atoms with E-state index in [0.29, 0.717) is 5.56 Å². The smallest absolute Gasteiger partial charge is 0.226 e. The predicted molar refractivity (Wildman–Crippen MR) is 72.4 cm³/mol. The summed E-state index contributed by atoms with van der Waals surface area (Å²) in [5.74, 6) is -2.26. The first kappa shape index (κ1) is 15.9. The van der Waals surface area contributed by atoms with Crippen LogP contribution in [0.5, 0.6) is 0 Å². The lowest BCUT2D eigenvalue weighted by Gasteiger charge is -2.27. The third-order valence-electron chi connectivity index (χ3n) is 3.51. The Labute approximate surface area is 122 Å². The van der Waals surface area contributed by atoms with E-state index >= 15 is 0 Å². The molecule has 2 rings (SSSR count). The quantitative estimate of drug-likeness (QED) is 0.894. The molecule has 1 amide bonds. The largest absolute Gasteiger partial charge is 0.391 e. The molecule has 6 heteroatoms. The van der Waals surface area contributed by atoms with Crippen molar-refractivity contribution in [1.82, 2.24) is 4.90 Å². The van der Waals surface area contributed by atoms with E-state index in [0.717, 1.165) is 12.1 Å². The third-order valence-corrected chi connectivity index (χ3v) is 3.51. The van der Waals surface area contributed by atoms with Crippen molar-refractivity contribution in [2.75, 3.05) is 6.54 Å². The van der Waals surface area contributed by atoms with Crippen LogP contribution in [-0.2, 0) is 4.79 Å². The Hall–Kier alpha value is -1.53. The van der Waals surface area contributed by atoms with Crippen molar-refractivity contribution in [3.05, 3.63) is 35.4 Å². The van der Waals surface area contributed by atoms with E-state index in [2.05, 4.69) is 0 Å². The Kier molecular flexibility index (Phi) is 4.30. The van der Waals surface area contributed by atoms with Crippen molar-refractivity contribution >= 4 is 5.91 Å². The summed E-state index contributed by atoms with van der Waals surface area (Å²) in [4.78, 5) is 13.6. The summed E-state index contributed by atoms with van der Waals surface area (Å²) in [6, 6.07) is 2.95. The van der Waals surface area contributed by atoms with Crippen LogP contribution in [0, 0.1) is 11.6 Å². The Bertz CT molecular complexity index is 542. The number of rotatable bonds is 3. The molecule has 1 aromatic rings. The van der Waals surface area contributed by atoms with Gasteiger partial charge in [0.15, 0.2) is 11.6 Å². The van der Waals surface area contributed by atoms with Crippen molar-refractivity contribution in [3.8, 4) is 0 Å². The Morgan fingerprint density at radius 3 is 2.62 bits per heavy atom. The minimum absolute atomic E-state index is 0.0973. The van der Waals surface area contributed by atoms with Gasteiger partial charge in [0, 0.05) is 6.54 Å². The van der Waals surface area contributed by atoms with Gasteiger partial charge in [-0.15, -0.1) is 0 Å². The number of carbonyl (C=O) groups is 1. The summed E-state index contributed by atoms with van der Waals surface area (Å²) in [5, 5.41) is 19.5. The summed E-state index contributed by atoms with van der Waals surface area (Å²) in [7, 11) is 0. The second-order valence-electron chi connectivity index (χ2n) is 6.11. The van der Waals surface area contributed by atoms with Crippen molar-refractivity contribution in [1.29, 1.82) is 0 Å². The molecule has 116 valence electrons. The van der Waals surface area contributed by atoms with E-state index in [4.69, 9.17) is 0 Å². The fourth-order valence-corrected chi connectivity index (χ4v) is 2.60. The zero-order valence-electron chi connectivity index (χ0n) is 12.0. The predicted octanol–water partition coefficient (Wildman–Crippen LogP) is 1.76. The maximum absolute atomic E-state index is 13.3. The van der Waals surface area contributed by atoms with Gasteiger partial charge < -0.3 is 15.1 Å². The SMILES string of the molecule is CC(C)(O)CC(=O)N1C[C@@H](O)C[C@@H]1c1ccc(F)c(F)c1. The van der Waals surface area contributed by atoms with E-state index in [9.17, 15) is 23.8 Å². The molecule has 21 heavy (non-hydrogen) atoms. The highest BCUT2D eigenvalue weighted by molar-refractivity contribution is 5.78. The lowest BCUT2D eigenvalue weighted by Crippen LogP contribution is -2.36. The molecule has 0 bridgehead atoms. The van der Waals surface area contributed by atoms with Gasteiger partial charge in [-0.3, -0.25) is 4.79 Å². The molecule has 0 unspecified atom stereocenters. The van der Waals surface area contributed by atoms with Gasteiger partial charge in [0.1, 0.15) is 0 Å². The lowest BCUT2D eigenvalue weighted by molar-refractivity contribution is -0.136. The molecule has 0 aromatic heterocycles. The second kappa shape index (κ2) is 5.69. The number of benzene rings is 1. The van der Waals surface area contributed by atoms with Crippen LogP contribution in [0.25, 0.3) is 0 Å². The number of amides is 1.